The first kappa shape index (κ1) is 40.5. The molecule has 0 radical (unpaired) electrons. The van der Waals surface area contributed by atoms with Gasteiger partial charge in [0.25, 0.3) is 0 Å². The summed E-state index contributed by atoms with van der Waals surface area (Å²) >= 11 is 0. The van der Waals surface area contributed by atoms with Crippen LogP contribution in [0.5, 0.6) is 0 Å². The van der Waals surface area contributed by atoms with Gasteiger partial charge in [0, 0.05) is 97.4 Å². The smallest absolute Gasteiger partial charge is 0 e. The molecule has 0 spiro atoms. The van der Waals surface area contributed by atoms with Crippen LogP contribution >= 0.6 is 0 Å². The molecule has 0 aromatic heterocycles. The molecule has 0 amide bonds. The molecule has 0 aromatic carbocycles. The first-order valence-corrected chi connectivity index (χ1v) is 0.532. The molecule has 0 atom stereocenters. The van der Waals surface area contributed by atoms with Crippen LogP contribution in [0.25, 0.3) is 0 Å². The van der Waals surface area contributed by atoms with Crippen molar-refractivity contribution in [3.8, 4) is 0 Å². The van der Waals surface area contributed by atoms with Gasteiger partial charge in [-0.25, -0.2) is 10.5 Å². The van der Waals surface area contributed by atoms with Crippen LogP contribution in [0.3, 0.4) is 0 Å². The summed E-state index contributed by atoms with van der Waals surface area (Å²) in [5.74, 6) is 0. The standard InChI is InChI=1S/H2O4.5Zn/c1-3-4-2;;;;;/h1-2H;;;;;. The second kappa shape index (κ2) is 44.2. The third-order valence-electron chi connectivity index (χ3n) is 0.0333. The minimum Gasteiger partial charge on any atom is -0.219 e. The Morgan fingerprint density at radius 1 is 0.556 bits per heavy atom. The SMILES string of the molecule is OOOO.[Zn].[Zn].[Zn].[Zn].[Zn]. The molecule has 0 heterocycles. The Labute approximate surface area is 116 Å². The molecular weight excluding hydrogens is 391 g/mol. The van der Waals surface area contributed by atoms with Crippen LogP contribution in [0.4, 0.5) is 0 Å². The molecule has 9 heteroatoms. The van der Waals surface area contributed by atoms with Gasteiger partial charge >= 0.3 is 0 Å². The van der Waals surface area contributed by atoms with Crippen LogP contribution in [0.15, 0.2) is 0 Å². The maximum atomic E-state index is 6.90. The summed E-state index contributed by atoms with van der Waals surface area (Å²) in [6, 6.07) is 0. The summed E-state index contributed by atoms with van der Waals surface area (Å²) in [4.78, 5) is 0. The van der Waals surface area contributed by atoms with E-state index in [9.17, 15) is 0 Å². The van der Waals surface area contributed by atoms with Crippen LogP contribution in [0.2, 0.25) is 0 Å². The van der Waals surface area contributed by atoms with E-state index in [2.05, 4.69) is 10.1 Å². The summed E-state index contributed by atoms with van der Waals surface area (Å²) in [5, 5.41) is 19.0. The van der Waals surface area contributed by atoms with Crippen molar-refractivity contribution in [2.24, 2.45) is 0 Å². The van der Waals surface area contributed by atoms with Gasteiger partial charge in [-0.2, -0.15) is 0 Å². The van der Waals surface area contributed by atoms with Crippen LogP contribution in [-0.2, 0) is 107 Å². The summed E-state index contributed by atoms with van der Waals surface area (Å²) in [6.45, 7) is 0. The topological polar surface area (TPSA) is 58.9 Å². The van der Waals surface area contributed by atoms with Gasteiger partial charge in [0.05, 0.1) is 0 Å². The van der Waals surface area contributed by atoms with Gasteiger partial charge < -0.3 is 0 Å². The molecule has 0 unspecified atom stereocenters. The van der Waals surface area contributed by atoms with E-state index in [0.29, 0.717) is 0 Å². The molecule has 0 aliphatic carbocycles. The van der Waals surface area contributed by atoms with Crippen molar-refractivity contribution >= 4 is 0 Å². The van der Waals surface area contributed by atoms with E-state index < -0.39 is 0 Å². The van der Waals surface area contributed by atoms with Crippen LogP contribution in [0.1, 0.15) is 0 Å². The minimum atomic E-state index is 0. The summed E-state index contributed by atoms with van der Waals surface area (Å²) in [7, 11) is 0. The second-order valence-electron chi connectivity index (χ2n) is 0.149. The normalized spacial score (nSPS) is 3.33. The third kappa shape index (κ3) is 56.1. The largest absolute Gasteiger partial charge is 0.219 e. The van der Waals surface area contributed by atoms with Crippen LogP contribution in [-0.4, -0.2) is 10.5 Å². The zero-order valence-corrected chi connectivity index (χ0v) is 20.1. The zero-order chi connectivity index (χ0) is 3.41. The quantitative estimate of drug-likeness (QED) is 0.371. The van der Waals surface area contributed by atoms with Crippen molar-refractivity contribution in [2.45, 2.75) is 0 Å². The number of hydrogen-bond donors (Lipinski definition) is 2. The van der Waals surface area contributed by atoms with Gasteiger partial charge in [-0.15, -0.1) is 0 Å². The predicted octanol–water partition coefficient (Wildman–Crippen LogP) is -0.132. The van der Waals surface area contributed by atoms with Crippen molar-refractivity contribution in [3.05, 3.63) is 0 Å². The minimum absolute atomic E-state index is 0. The van der Waals surface area contributed by atoms with Gasteiger partial charge in [0.2, 0.25) is 0 Å². The summed E-state index contributed by atoms with van der Waals surface area (Å²) in [5.41, 5.74) is 0. The molecule has 0 bridgehead atoms. The van der Waals surface area contributed by atoms with E-state index in [1.807, 2.05) is 0 Å². The number of rotatable bonds is 1. The molecule has 9 heavy (non-hydrogen) atoms. The van der Waals surface area contributed by atoms with Crippen molar-refractivity contribution in [1.82, 2.24) is 0 Å². The third-order valence-corrected chi connectivity index (χ3v) is 0.0333. The van der Waals surface area contributed by atoms with Gasteiger partial charge in [-0.3, -0.25) is 0 Å². The van der Waals surface area contributed by atoms with Crippen LogP contribution < -0.4 is 0 Å². The van der Waals surface area contributed by atoms with E-state index in [-0.39, 0.29) is 97.4 Å². The van der Waals surface area contributed by atoms with E-state index >= 15 is 0 Å². The van der Waals surface area contributed by atoms with E-state index in [4.69, 9.17) is 10.5 Å². The van der Waals surface area contributed by atoms with Crippen molar-refractivity contribution in [1.29, 1.82) is 0 Å². The average molecular weight is 393 g/mol. The summed E-state index contributed by atoms with van der Waals surface area (Å²) < 4.78 is 0. The Balaban J connectivity index is -0.00000000450. The Kier molecular flexibility index (Phi) is 199. The van der Waals surface area contributed by atoms with Gasteiger partial charge in [0.1, 0.15) is 0 Å². The van der Waals surface area contributed by atoms with Gasteiger partial charge in [0.15, 0.2) is 0 Å². The first-order chi connectivity index (χ1) is 1.91. The summed E-state index contributed by atoms with van der Waals surface area (Å²) in [6.07, 6.45) is 0. The average Bonchev–Trinajstić information content (AvgIpc) is 1.37. The molecule has 0 saturated carbocycles. The van der Waals surface area contributed by atoms with Crippen molar-refractivity contribution in [3.63, 3.8) is 0 Å². The monoisotopic (exact) mass is 386 g/mol. The molecule has 2 N–H and O–H groups in total. The first-order valence-electron chi connectivity index (χ1n) is 0.532. The van der Waals surface area contributed by atoms with E-state index in [1.165, 1.54) is 0 Å². The maximum absolute atomic E-state index is 6.90. The fraction of sp³-hybridized carbons (Fsp3) is 0. The Hall–Kier alpha value is 2.96. The predicted molar refractivity (Wildman–Crippen MR) is 7.43 cm³/mol. The molecule has 4 nitrogen and oxygen atoms in total. The Bertz CT molecular complexity index is 10.9. The molecule has 36 valence electrons. The fourth-order valence-corrected chi connectivity index (χ4v) is 0. The fourth-order valence-electron chi connectivity index (χ4n) is 0. The van der Waals surface area contributed by atoms with E-state index in [1.54, 1.807) is 0 Å². The zero-order valence-electron chi connectivity index (χ0n) is 5.25. The van der Waals surface area contributed by atoms with Crippen molar-refractivity contribution in [2.75, 3.05) is 0 Å². The molecule has 0 aliphatic heterocycles. The molecule has 0 aromatic rings. The second-order valence-corrected chi connectivity index (χ2v) is 0.149. The molecular formula is H2O4Zn5. The molecule has 0 fully saturated rings. The molecule has 0 rings (SSSR count). The number of hydrogen-bond acceptors (Lipinski definition) is 4. The molecule has 0 saturated heterocycles. The molecule has 0 aliphatic rings. The van der Waals surface area contributed by atoms with E-state index in [0.717, 1.165) is 0 Å². The van der Waals surface area contributed by atoms with Gasteiger partial charge in [-0.1, -0.05) is 0 Å². The van der Waals surface area contributed by atoms with Crippen LogP contribution in [0, 0.1) is 0 Å². The maximum Gasteiger partial charge on any atom is 0 e. The van der Waals surface area contributed by atoms with Crippen molar-refractivity contribution < 1.29 is 118 Å². The van der Waals surface area contributed by atoms with Gasteiger partial charge in [-0.05, 0) is 10.1 Å². The Morgan fingerprint density at radius 3 is 0.667 bits per heavy atom. The Morgan fingerprint density at radius 2 is 0.667 bits per heavy atom.